The minimum Gasteiger partial charge on any atom is -0.378 e. The summed E-state index contributed by atoms with van der Waals surface area (Å²) in [4.78, 5) is 23.2. The number of nitrogens with zero attached hydrogens (tertiary/aromatic N) is 3. The lowest BCUT2D eigenvalue weighted by Gasteiger charge is -2.28. The van der Waals surface area contributed by atoms with E-state index >= 15 is 0 Å². The van der Waals surface area contributed by atoms with E-state index in [1.165, 1.54) is 0 Å². The zero-order valence-corrected chi connectivity index (χ0v) is 17.6. The lowest BCUT2D eigenvalue weighted by atomic mass is 10.1. The van der Waals surface area contributed by atoms with Gasteiger partial charge < -0.3 is 25.3 Å². The zero-order valence-electron chi connectivity index (χ0n) is 17.6. The van der Waals surface area contributed by atoms with Crippen molar-refractivity contribution in [2.24, 2.45) is 0 Å². The quantitative estimate of drug-likeness (QED) is 0.394. The highest BCUT2D eigenvalue weighted by atomic mass is 16.5. The molecule has 9 heteroatoms. The second kappa shape index (κ2) is 7.92. The Morgan fingerprint density at radius 1 is 1.12 bits per heavy atom. The number of nitrogens with one attached hydrogen (secondary N) is 4. The van der Waals surface area contributed by atoms with Crippen LogP contribution in [0.25, 0.3) is 33.5 Å². The molecule has 2 aliphatic rings. The fourth-order valence-electron chi connectivity index (χ4n) is 4.51. The van der Waals surface area contributed by atoms with Gasteiger partial charge in [-0.05, 0) is 49.4 Å². The van der Waals surface area contributed by atoms with Crippen molar-refractivity contribution in [1.82, 2.24) is 30.8 Å². The number of H-pyrrole nitrogens is 2. The SMILES string of the molecule is O=C(NC1CCNC1)c1ccc2[nH]nc(-c3nc4ccc(N5CCOCC5)cc4[nH]3)c2c1. The first-order valence-corrected chi connectivity index (χ1v) is 11.1. The number of benzene rings is 2. The fraction of sp³-hybridized carbons (Fsp3) is 0.348. The number of rotatable bonds is 4. The molecule has 0 bridgehead atoms. The largest absolute Gasteiger partial charge is 0.378 e. The van der Waals surface area contributed by atoms with Gasteiger partial charge in [-0.15, -0.1) is 0 Å². The first kappa shape index (κ1) is 19.3. The summed E-state index contributed by atoms with van der Waals surface area (Å²) < 4.78 is 5.46. The number of aromatic amines is 2. The summed E-state index contributed by atoms with van der Waals surface area (Å²) >= 11 is 0. The second-order valence-electron chi connectivity index (χ2n) is 8.38. The Hall–Kier alpha value is -3.43. The van der Waals surface area contributed by atoms with Crippen molar-refractivity contribution in [2.45, 2.75) is 12.5 Å². The van der Waals surface area contributed by atoms with Crippen LogP contribution in [0.5, 0.6) is 0 Å². The van der Waals surface area contributed by atoms with Gasteiger partial charge in [0.1, 0.15) is 5.69 Å². The van der Waals surface area contributed by atoms with Crippen molar-refractivity contribution in [2.75, 3.05) is 44.3 Å². The summed E-state index contributed by atoms with van der Waals surface area (Å²) in [5, 5.41) is 14.8. The van der Waals surface area contributed by atoms with Gasteiger partial charge in [0.15, 0.2) is 5.82 Å². The number of hydrogen-bond donors (Lipinski definition) is 4. The van der Waals surface area contributed by atoms with Gasteiger partial charge in [0.25, 0.3) is 5.91 Å². The van der Waals surface area contributed by atoms with Crippen LogP contribution in [0, 0.1) is 0 Å². The maximum atomic E-state index is 12.7. The molecule has 2 aromatic carbocycles. The highest BCUT2D eigenvalue weighted by Gasteiger charge is 2.20. The van der Waals surface area contributed by atoms with Gasteiger partial charge in [0.2, 0.25) is 0 Å². The molecule has 4 aromatic rings. The van der Waals surface area contributed by atoms with Crippen LogP contribution in [-0.4, -0.2) is 71.5 Å². The number of anilines is 1. The number of imidazole rings is 1. The molecule has 4 N–H and O–H groups in total. The number of ether oxygens (including phenoxy) is 1. The molecule has 1 unspecified atom stereocenters. The van der Waals surface area contributed by atoms with Crippen LogP contribution in [0.3, 0.4) is 0 Å². The van der Waals surface area contributed by atoms with Crippen LogP contribution in [0.15, 0.2) is 36.4 Å². The molecular weight excluding hydrogens is 406 g/mol. The molecular formula is C23H25N7O2. The number of hydrogen-bond acceptors (Lipinski definition) is 6. The van der Waals surface area contributed by atoms with Crippen molar-refractivity contribution < 1.29 is 9.53 Å². The Balaban J connectivity index is 1.32. The summed E-state index contributed by atoms with van der Waals surface area (Å²) in [5.74, 6) is 0.621. The lowest BCUT2D eigenvalue weighted by molar-refractivity contribution is 0.0940. The van der Waals surface area contributed by atoms with Gasteiger partial charge in [-0.1, -0.05) is 0 Å². The molecule has 1 amide bonds. The standard InChI is InChI=1S/C23H25N7O2/c31-23(25-15-5-6-24-13-15)14-1-3-18-17(11-14)21(29-28-18)22-26-19-4-2-16(12-20(19)27-22)30-7-9-32-10-8-30/h1-4,11-12,15,24H,5-10,13H2,(H,25,31)(H,26,27)(H,28,29). The third-order valence-corrected chi connectivity index (χ3v) is 6.29. The van der Waals surface area contributed by atoms with Crippen LogP contribution in [-0.2, 0) is 4.74 Å². The van der Waals surface area contributed by atoms with E-state index < -0.39 is 0 Å². The van der Waals surface area contributed by atoms with Crippen LogP contribution in [0.4, 0.5) is 5.69 Å². The van der Waals surface area contributed by atoms with Crippen molar-refractivity contribution in [3.63, 3.8) is 0 Å². The molecule has 4 heterocycles. The van der Waals surface area contributed by atoms with Gasteiger partial charge in [-0.25, -0.2) is 4.98 Å². The maximum absolute atomic E-state index is 12.7. The van der Waals surface area contributed by atoms with E-state index in [-0.39, 0.29) is 11.9 Å². The minimum atomic E-state index is -0.0625. The predicted molar refractivity (Wildman–Crippen MR) is 123 cm³/mol. The average molecular weight is 432 g/mol. The van der Waals surface area contributed by atoms with Gasteiger partial charge in [0.05, 0.1) is 29.8 Å². The number of fused-ring (bicyclic) bond motifs is 2. The molecule has 6 rings (SSSR count). The van der Waals surface area contributed by atoms with Gasteiger partial charge in [-0.2, -0.15) is 5.10 Å². The van der Waals surface area contributed by atoms with E-state index in [0.29, 0.717) is 17.1 Å². The molecule has 0 radical (unpaired) electrons. The van der Waals surface area contributed by atoms with Crippen molar-refractivity contribution >= 4 is 33.5 Å². The third-order valence-electron chi connectivity index (χ3n) is 6.29. The Morgan fingerprint density at radius 2 is 2.03 bits per heavy atom. The highest BCUT2D eigenvalue weighted by molar-refractivity contribution is 6.01. The van der Waals surface area contributed by atoms with Crippen LogP contribution in [0.2, 0.25) is 0 Å². The van der Waals surface area contributed by atoms with Gasteiger partial charge in [0, 0.05) is 42.3 Å². The normalized spacial score (nSPS) is 19.1. The smallest absolute Gasteiger partial charge is 0.251 e. The van der Waals surface area contributed by atoms with Crippen molar-refractivity contribution in [3.05, 3.63) is 42.0 Å². The van der Waals surface area contributed by atoms with Crippen LogP contribution < -0.4 is 15.5 Å². The second-order valence-corrected chi connectivity index (χ2v) is 8.38. The Labute approximate surface area is 184 Å². The summed E-state index contributed by atoms with van der Waals surface area (Å²) in [6.07, 6.45) is 0.955. The number of carbonyl (C=O) groups is 1. The monoisotopic (exact) mass is 431 g/mol. The molecule has 164 valence electrons. The Kier molecular flexibility index (Phi) is 4.77. The third kappa shape index (κ3) is 3.49. The summed E-state index contributed by atoms with van der Waals surface area (Å²) in [6.45, 7) is 5.03. The van der Waals surface area contributed by atoms with E-state index in [4.69, 9.17) is 9.72 Å². The lowest BCUT2D eigenvalue weighted by Crippen LogP contribution is -2.36. The minimum absolute atomic E-state index is 0.0625. The number of carbonyl (C=O) groups excluding carboxylic acids is 1. The molecule has 0 saturated carbocycles. The van der Waals surface area contributed by atoms with E-state index in [0.717, 1.165) is 73.4 Å². The van der Waals surface area contributed by atoms with Crippen molar-refractivity contribution in [1.29, 1.82) is 0 Å². The first-order chi connectivity index (χ1) is 15.7. The van der Waals surface area contributed by atoms with E-state index in [9.17, 15) is 4.79 Å². The molecule has 0 spiro atoms. The van der Waals surface area contributed by atoms with E-state index in [2.05, 4.69) is 42.8 Å². The fourth-order valence-corrected chi connectivity index (χ4v) is 4.51. The number of aromatic nitrogens is 4. The molecule has 2 saturated heterocycles. The van der Waals surface area contributed by atoms with Crippen LogP contribution in [0.1, 0.15) is 16.8 Å². The average Bonchev–Trinajstić information content (AvgIpc) is 3.57. The molecule has 9 nitrogen and oxygen atoms in total. The Bertz CT molecular complexity index is 1280. The first-order valence-electron chi connectivity index (χ1n) is 11.1. The molecule has 32 heavy (non-hydrogen) atoms. The van der Waals surface area contributed by atoms with Crippen LogP contribution >= 0.6 is 0 Å². The summed E-state index contributed by atoms with van der Waals surface area (Å²) in [5.41, 5.74) is 5.20. The maximum Gasteiger partial charge on any atom is 0.251 e. The van der Waals surface area contributed by atoms with Crippen molar-refractivity contribution in [3.8, 4) is 11.5 Å². The molecule has 2 fully saturated rings. The van der Waals surface area contributed by atoms with E-state index in [1.807, 2.05) is 24.3 Å². The molecule has 2 aliphatic heterocycles. The van der Waals surface area contributed by atoms with Gasteiger partial charge >= 0.3 is 0 Å². The topological polar surface area (TPSA) is 111 Å². The van der Waals surface area contributed by atoms with Gasteiger partial charge in [-0.3, -0.25) is 9.89 Å². The number of morpholine rings is 1. The summed E-state index contributed by atoms with van der Waals surface area (Å²) in [6, 6.07) is 12.0. The molecule has 0 aliphatic carbocycles. The molecule has 1 atom stereocenters. The highest BCUT2D eigenvalue weighted by Crippen LogP contribution is 2.29. The zero-order chi connectivity index (χ0) is 21.5. The number of amides is 1. The Morgan fingerprint density at radius 3 is 2.88 bits per heavy atom. The van der Waals surface area contributed by atoms with E-state index in [1.54, 1.807) is 0 Å². The summed E-state index contributed by atoms with van der Waals surface area (Å²) in [7, 11) is 0. The molecule has 2 aromatic heterocycles. The predicted octanol–water partition coefficient (Wildman–Crippen LogP) is 2.03.